The standard InChI is InChI=1S/C23H17ClF6N8O2/c24-11-1-2-14-13(7-11)12-4-6-38(21-36-18(22(25,26)27)35-19(37-21)23(28,29)30)17(16(12)34-14)10-8-32-20(33-9-10)31-5-3-15(39)40/h1-2,7-9,17,34H,3-6H2,(H,39,40)(H,31,32,33)/t17-/m0/s1. The summed E-state index contributed by atoms with van der Waals surface area (Å²) in [5.41, 5.74) is 2.16. The molecule has 1 aromatic carbocycles. The Morgan fingerprint density at radius 3 is 2.33 bits per heavy atom. The van der Waals surface area contributed by atoms with Crippen LogP contribution in [0.15, 0.2) is 30.6 Å². The van der Waals surface area contributed by atoms with Gasteiger partial charge in [0.05, 0.1) is 6.42 Å². The fourth-order valence-electron chi connectivity index (χ4n) is 4.42. The minimum Gasteiger partial charge on any atom is -0.481 e. The number of alkyl halides is 6. The molecule has 3 N–H and O–H groups in total. The van der Waals surface area contributed by atoms with Gasteiger partial charge in [-0.25, -0.2) is 15.0 Å². The van der Waals surface area contributed by atoms with Crippen molar-refractivity contribution in [3.8, 4) is 0 Å². The molecule has 0 radical (unpaired) electrons. The van der Waals surface area contributed by atoms with Gasteiger partial charge in [-0.1, -0.05) is 11.6 Å². The summed E-state index contributed by atoms with van der Waals surface area (Å²) in [4.78, 5) is 32.8. The van der Waals surface area contributed by atoms with Crippen LogP contribution in [0.4, 0.5) is 38.2 Å². The van der Waals surface area contributed by atoms with Crippen LogP contribution in [0, 0.1) is 0 Å². The molecule has 0 saturated carbocycles. The highest BCUT2D eigenvalue weighted by atomic mass is 35.5. The first-order valence-electron chi connectivity index (χ1n) is 11.6. The number of carboxylic acid groups (broad SMARTS) is 1. The molecule has 10 nitrogen and oxygen atoms in total. The molecule has 4 heterocycles. The Balaban J connectivity index is 1.63. The molecule has 1 atom stereocenters. The van der Waals surface area contributed by atoms with E-state index in [1.54, 1.807) is 18.2 Å². The smallest absolute Gasteiger partial charge is 0.451 e. The lowest BCUT2D eigenvalue weighted by atomic mass is 9.94. The average Bonchev–Trinajstić information content (AvgIpc) is 3.25. The molecule has 0 aliphatic carbocycles. The molecule has 0 unspecified atom stereocenters. The highest BCUT2D eigenvalue weighted by Gasteiger charge is 2.43. The van der Waals surface area contributed by atoms with Gasteiger partial charge in [0.1, 0.15) is 6.04 Å². The van der Waals surface area contributed by atoms with E-state index < -0.39 is 42.0 Å². The van der Waals surface area contributed by atoms with E-state index in [1.165, 1.54) is 17.3 Å². The van der Waals surface area contributed by atoms with Gasteiger partial charge in [-0.05, 0) is 30.2 Å². The molecule has 5 rings (SSSR count). The predicted molar refractivity (Wildman–Crippen MR) is 129 cm³/mol. The van der Waals surface area contributed by atoms with Gasteiger partial charge in [0.2, 0.25) is 23.5 Å². The van der Waals surface area contributed by atoms with Crippen LogP contribution in [0.25, 0.3) is 10.9 Å². The van der Waals surface area contributed by atoms with Gasteiger partial charge in [0.25, 0.3) is 0 Å². The van der Waals surface area contributed by atoms with Gasteiger partial charge in [-0.3, -0.25) is 4.79 Å². The number of aliphatic carboxylic acids is 1. The van der Waals surface area contributed by atoms with Crippen molar-refractivity contribution in [3.05, 3.63) is 64.1 Å². The van der Waals surface area contributed by atoms with Crippen LogP contribution in [0.1, 0.15) is 40.9 Å². The molecule has 4 aromatic rings. The first-order chi connectivity index (χ1) is 18.8. The van der Waals surface area contributed by atoms with Crippen molar-refractivity contribution in [2.24, 2.45) is 0 Å². The lowest BCUT2D eigenvalue weighted by molar-refractivity contribution is -0.155. The molecule has 210 valence electrons. The van der Waals surface area contributed by atoms with E-state index >= 15 is 0 Å². The summed E-state index contributed by atoms with van der Waals surface area (Å²) in [6.45, 7) is -0.0309. The monoisotopic (exact) mass is 586 g/mol. The maximum absolute atomic E-state index is 13.5. The summed E-state index contributed by atoms with van der Waals surface area (Å²) in [7, 11) is 0. The normalized spacial score (nSPS) is 15.8. The number of carbonyl (C=O) groups is 1. The van der Waals surface area contributed by atoms with Crippen molar-refractivity contribution < 1.29 is 36.2 Å². The van der Waals surface area contributed by atoms with Crippen LogP contribution < -0.4 is 10.2 Å². The minimum absolute atomic E-state index is 0.0302. The summed E-state index contributed by atoms with van der Waals surface area (Å²) in [5.74, 6) is -5.75. The number of hydrogen-bond donors (Lipinski definition) is 3. The zero-order chi connectivity index (χ0) is 28.8. The quantitative estimate of drug-likeness (QED) is 0.271. The number of aromatic nitrogens is 6. The van der Waals surface area contributed by atoms with Crippen molar-refractivity contribution in [2.45, 2.75) is 31.2 Å². The number of aromatic amines is 1. The molecule has 40 heavy (non-hydrogen) atoms. The topological polar surface area (TPSA) is 133 Å². The van der Waals surface area contributed by atoms with Gasteiger partial charge in [-0.2, -0.15) is 36.3 Å². The third kappa shape index (κ3) is 5.43. The molecule has 17 heteroatoms. The summed E-state index contributed by atoms with van der Waals surface area (Å²) < 4.78 is 81.1. The second-order valence-electron chi connectivity index (χ2n) is 8.74. The number of halogens is 7. The van der Waals surface area contributed by atoms with Crippen molar-refractivity contribution in [1.29, 1.82) is 0 Å². The third-order valence-corrected chi connectivity index (χ3v) is 6.32. The van der Waals surface area contributed by atoms with Crippen molar-refractivity contribution in [3.63, 3.8) is 0 Å². The van der Waals surface area contributed by atoms with Crippen LogP contribution in [-0.4, -0.2) is 54.1 Å². The molecule has 3 aromatic heterocycles. The molecule has 1 aliphatic heterocycles. The first-order valence-corrected chi connectivity index (χ1v) is 11.9. The van der Waals surface area contributed by atoms with Gasteiger partial charge < -0.3 is 20.3 Å². The number of hydrogen-bond acceptors (Lipinski definition) is 8. The Hall–Kier alpha value is -4.21. The second-order valence-corrected chi connectivity index (χ2v) is 9.18. The van der Waals surface area contributed by atoms with E-state index in [4.69, 9.17) is 16.7 Å². The summed E-state index contributed by atoms with van der Waals surface area (Å²) in [6, 6.07) is 4.02. The van der Waals surface area contributed by atoms with E-state index in [1.807, 2.05) is 0 Å². The number of nitrogens with zero attached hydrogens (tertiary/aromatic N) is 6. The number of benzene rings is 1. The van der Waals surface area contributed by atoms with Crippen molar-refractivity contribution in [2.75, 3.05) is 23.3 Å². The zero-order valence-electron chi connectivity index (χ0n) is 20.0. The van der Waals surface area contributed by atoms with E-state index in [2.05, 4.69) is 35.2 Å². The number of carboxylic acids is 1. The number of rotatable bonds is 6. The first kappa shape index (κ1) is 27.4. The molecule has 0 bridgehead atoms. The van der Waals surface area contributed by atoms with Gasteiger partial charge in [0.15, 0.2) is 0 Å². The third-order valence-electron chi connectivity index (χ3n) is 6.09. The Kier molecular flexibility index (Phi) is 6.89. The van der Waals surface area contributed by atoms with Crippen molar-refractivity contribution >= 4 is 40.4 Å². The van der Waals surface area contributed by atoms with Gasteiger partial charge in [0, 0.05) is 52.7 Å². The fourth-order valence-corrected chi connectivity index (χ4v) is 4.59. The molecule has 0 saturated heterocycles. The zero-order valence-corrected chi connectivity index (χ0v) is 20.7. The van der Waals surface area contributed by atoms with Crippen LogP contribution in [0.3, 0.4) is 0 Å². The summed E-state index contributed by atoms with van der Waals surface area (Å²) in [6.07, 6.45) is -7.85. The molecule has 0 spiro atoms. The van der Waals surface area contributed by atoms with E-state index in [-0.39, 0.29) is 31.9 Å². The summed E-state index contributed by atoms with van der Waals surface area (Å²) in [5, 5.41) is 12.7. The fraction of sp³-hybridized carbons (Fsp3) is 0.304. The van der Waals surface area contributed by atoms with Crippen LogP contribution in [0.5, 0.6) is 0 Å². The van der Waals surface area contributed by atoms with Crippen LogP contribution in [0.2, 0.25) is 5.02 Å². The van der Waals surface area contributed by atoms with E-state index in [0.717, 1.165) is 10.9 Å². The average molecular weight is 587 g/mol. The molecule has 0 amide bonds. The van der Waals surface area contributed by atoms with E-state index in [9.17, 15) is 31.1 Å². The maximum atomic E-state index is 13.5. The van der Waals surface area contributed by atoms with Crippen molar-refractivity contribution in [1.82, 2.24) is 29.9 Å². The minimum atomic E-state index is -5.27. The predicted octanol–water partition coefficient (Wildman–Crippen LogP) is 4.87. The summed E-state index contributed by atoms with van der Waals surface area (Å²) >= 11 is 6.17. The molecule has 1 aliphatic rings. The molecule has 0 fully saturated rings. The van der Waals surface area contributed by atoms with Crippen LogP contribution in [-0.2, 0) is 23.6 Å². The second kappa shape index (κ2) is 10.1. The largest absolute Gasteiger partial charge is 0.481 e. The Morgan fingerprint density at radius 2 is 1.73 bits per heavy atom. The lowest BCUT2D eigenvalue weighted by Gasteiger charge is -2.36. The number of H-pyrrole nitrogens is 1. The molecular formula is C23H17ClF6N8O2. The van der Waals surface area contributed by atoms with E-state index in [0.29, 0.717) is 21.8 Å². The molecular weight excluding hydrogens is 570 g/mol. The van der Waals surface area contributed by atoms with Gasteiger partial charge in [-0.15, -0.1) is 0 Å². The number of anilines is 2. The SMILES string of the molecule is O=C(O)CCNc1ncc([C@H]2c3[nH]c4ccc(Cl)cc4c3CCN2c2nc(C(F)(F)F)nc(C(F)(F)F)n2)cn1. The highest BCUT2D eigenvalue weighted by molar-refractivity contribution is 6.31. The van der Waals surface area contributed by atoms with Crippen LogP contribution >= 0.6 is 11.6 Å². The maximum Gasteiger partial charge on any atom is 0.451 e. The number of nitrogens with one attached hydrogen (secondary N) is 2. The van der Waals surface area contributed by atoms with Gasteiger partial charge >= 0.3 is 18.3 Å². The Morgan fingerprint density at radius 1 is 1.07 bits per heavy atom. The Labute approximate surface area is 225 Å². The Bertz CT molecular complexity index is 1540. The highest BCUT2D eigenvalue weighted by Crippen LogP contribution is 2.41. The lowest BCUT2D eigenvalue weighted by Crippen LogP contribution is -2.38. The number of fused-ring (bicyclic) bond motifs is 3.